The summed E-state index contributed by atoms with van der Waals surface area (Å²) in [4.78, 5) is 18.0. The number of para-hydroxylation sites is 1. The molecule has 128 valence electrons. The van der Waals surface area contributed by atoms with Gasteiger partial charge in [-0.25, -0.2) is 0 Å². The minimum atomic E-state index is 0.232. The smallest absolute Gasteiger partial charge is 0.226 e. The molecule has 25 heavy (non-hydrogen) atoms. The summed E-state index contributed by atoms with van der Waals surface area (Å²) in [5.41, 5.74) is 3.67. The molecular formula is C21H21BrN2O. The van der Waals surface area contributed by atoms with Crippen molar-refractivity contribution in [3.63, 3.8) is 0 Å². The number of nitrogens with one attached hydrogen (secondary N) is 1. The molecule has 0 spiro atoms. The molecule has 0 radical (unpaired) electrons. The van der Waals surface area contributed by atoms with Crippen LogP contribution in [0.15, 0.2) is 59.2 Å². The van der Waals surface area contributed by atoms with E-state index in [0.717, 1.165) is 36.0 Å². The topological polar surface area (TPSA) is 36.1 Å². The molecular weight excluding hydrogens is 376 g/mol. The van der Waals surface area contributed by atoms with E-state index in [-0.39, 0.29) is 5.91 Å². The molecule has 1 saturated heterocycles. The van der Waals surface area contributed by atoms with Crippen molar-refractivity contribution in [2.75, 3.05) is 13.1 Å². The zero-order chi connectivity index (χ0) is 17.2. The van der Waals surface area contributed by atoms with Crippen molar-refractivity contribution < 1.29 is 4.79 Å². The minimum absolute atomic E-state index is 0.232. The Kier molecular flexibility index (Phi) is 4.62. The first-order chi connectivity index (χ1) is 12.2. The third-order valence-electron chi connectivity index (χ3n) is 5.15. The van der Waals surface area contributed by atoms with E-state index in [1.54, 1.807) is 0 Å². The zero-order valence-electron chi connectivity index (χ0n) is 14.0. The number of hydrogen-bond donors (Lipinski definition) is 1. The molecule has 4 heteroatoms. The molecule has 1 aromatic heterocycles. The maximum Gasteiger partial charge on any atom is 0.226 e. The molecule has 3 nitrogen and oxygen atoms in total. The van der Waals surface area contributed by atoms with Crippen molar-refractivity contribution in [3.8, 4) is 0 Å². The maximum absolute atomic E-state index is 12.6. The lowest BCUT2D eigenvalue weighted by Gasteiger charge is -2.32. The molecule has 1 amide bonds. The average molecular weight is 397 g/mol. The number of likely N-dealkylation sites (tertiary alicyclic amines) is 1. The fraction of sp³-hybridized carbons (Fsp3) is 0.286. The second-order valence-electron chi connectivity index (χ2n) is 6.75. The number of aromatic amines is 1. The van der Waals surface area contributed by atoms with Gasteiger partial charge in [-0.2, -0.15) is 0 Å². The summed E-state index contributed by atoms with van der Waals surface area (Å²) >= 11 is 3.47. The van der Waals surface area contributed by atoms with Gasteiger partial charge in [0.05, 0.1) is 6.42 Å². The molecule has 2 heterocycles. The third kappa shape index (κ3) is 3.49. The van der Waals surface area contributed by atoms with Crippen LogP contribution in [0.5, 0.6) is 0 Å². The zero-order valence-corrected chi connectivity index (χ0v) is 15.6. The Morgan fingerprint density at radius 2 is 1.92 bits per heavy atom. The van der Waals surface area contributed by atoms with Crippen molar-refractivity contribution in [3.05, 3.63) is 70.3 Å². The average Bonchev–Trinajstić information content (AvgIpc) is 3.06. The number of amides is 1. The van der Waals surface area contributed by atoms with Gasteiger partial charge in [0.25, 0.3) is 0 Å². The van der Waals surface area contributed by atoms with Crippen LogP contribution in [0.1, 0.15) is 29.9 Å². The normalized spacial score (nSPS) is 15.6. The fourth-order valence-corrected chi connectivity index (χ4v) is 4.25. The Labute approximate surface area is 156 Å². The summed E-state index contributed by atoms with van der Waals surface area (Å²) in [6.45, 7) is 1.69. The van der Waals surface area contributed by atoms with E-state index in [4.69, 9.17) is 0 Å². The number of nitrogens with zero attached hydrogens (tertiary/aromatic N) is 1. The van der Waals surface area contributed by atoms with Crippen LogP contribution in [0.25, 0.3) is 10.9 Å². The predicted octanol–water partition coefficient (Wildman–Crippen LogP) is 4.88. The van der Waals surface area contributed by atoms with Crippen molar-refractivity contribution in [2.24, 2.45) is 0 Å². The summed E-state index contributed by atoms with van der Waals surface area (Å²) in [6, 6.07) is 16.5. The number of aromatic nitrogens is 1. The molecule has 1 aliphatic rings. The Balaban J connectivity index is 1.40. The maximum atomic E-state index is 12.6. The van der Waals surface area contributed by atoms with Gasteiger partial charge in [-0.05, 0) is 48.1 Å². The first-order valence-electron chi connectivity index (χ1n) is 8.79. The molecule has 2 aromatic carbocycles. The summed E-state index contributed by atoms with van der Waals surface area (Å²) in [5.74, 6) is 0.765. The standard InChI is InChI=1S/C21H21BrN2O/c22-17-5-3-4-15(12-17)13-21(25)24-10-8-16(9-11-24)19-14-23-20-7-2-1-6-18(19)20/h1-7,12,14,16,23H,8-11,13H2. The van der Waals surface area contributed by atoms with Crippen molar-refractivity contribution in [2.45, 2.75) is 25.2 Å². The molecule has 0 unspecified atom stereocenters. The summed E-state index contributed by atoms with van der Waals surface area (Å²) in [7, 11) is 0. The highest BCUT2D eigenvalue weighted by Crippen LogP contribution is 2.33. The summed E-state index contributed by atoms with van der Waals surface area (Å²) in [6.07, 6.45) is 4.70. The predicted molar refractivity (Wildman–Crippen MR) is 105 cm³/mol. The number of H-pyrrole nitrogens is 1. The lowest BCUT2D eigenvalue weighted by Crippen LogP contribution is -2.38. The quantitative estimate of drug-likeness (QED) is 0.672. The van der Waals surface area contributed by atoms with Gasteiger partial charge in [-0.1, -0.05) is 46.3 Å². The van der Waals surface area contributed by atoms with Crippen LogP contribution in [-0.2, 0) is 11.2 Å². The van der Waals surface area contributed by atoms with E-state index in [0.29, 0.717) is 12.3 Å². The molecule has 1 N–H and O–H groups in total. The van der Waals surface area contributed by atoms with Crippen molar-refractivity contribution in [1.29, 1.82) is 0 Å². The first kappa shape index (κ1) is 16.4. The van der Waals surface area contributed by atoms with Crippen LogP contribution in [0.3, 0.4) is 0 Å². The van der Waals surface area contributed by atoms with Crippen LogP contribution in [0.4, 0.5) is 0 Å². The lowest BCUT2D eigenvalue weighted by molar-refractivity contribution is -0.131. The van der Waals surface area contributed by atoms with Crippen molar-refractivity contribution in [1.82, 2.24) is 9.88 Å². The highest BCUT2D eigenvalue weighted by molar-refractivity contribution is 9.10. The fourth-order valence-electron chi connectivity index (χ4n) is 3.80. The minimum Gasteiger partial charge on any atom is -0.361 e. The molecule has 0 bridgehead atoms. The van der Waals surface area contributed by atoms with E-state index in [2.05, 4.69) is 51.4 Å². The second-order valence-corrected chi connectivity index (χ2v) is 7.67. The molecule has 1 aliphatic heterocycles. The van der Waals surface area contributed by atoms with E-state index < -0.39 is 0 Å². The highest BCUT2D eigenvalue weighted by atomic mass is 79.9. The Bertz CT molecular complexity index is 894. The number of halogens is 1. The van der Waals surface area contributed by atoms with Crippen LogP contribution < -0.4 is 0 Å². The van der Waals surface area contributed by atoms with Gasteiger partial charge >= 0.3 is 0 Å². The number of piperidine rings is 1. The van der Waals surface area contributed by atoms with Gasteiger partial charge < -0.3 is 9.88 Å². The van der Waals surface area contributed by atoms with Crippen LogP contribution in [-0.4, -0.2) is 28.9 Å². The highest BCUT2D eigenvalue weighted by Gasteiger charge is 2.25. The van der Waals surface area contributed by atoms with E-state index in [1.807, 2.05) is 29.2 Å². The molecule has 0 atom stereocenters. The molecule has 3 aromatic rings. The molecule has 1 fully saturated rings. The Hall–Kier alpha value is -2.07. The SMILES string of the molecule is O=C(Cc1cccc(Br)c1)N1CCC(c2c[nH]c3ccccc23)CC1. The van der Waals surface area contributed by atoms with Gasteiger partial charge in [0.2, 0.25) is 5.91 Å². The number of carbonyl (C=O) groups is 1. The third-order valence-corrected chi connectivity index (χ3v) is 5.65. The van der Waals surface area contributed by atoms with Gasteiger partial charge in [-0.15, -0.1) is 0 Å². The van der Waals surface area contributed by atoms with Gasteiger partial charge in [-0.3, -0.25) is 4.79 Å². The molecule has 0 saturated carbocycles. The van der Waals surface area contributed by atoms with Crippen molar-refractivity contribution >= 4 is 32.7 Å². The second kappa shape index (κ2) is 7.04. The summed E-state index contributed by atoms with van der Waals surface area (Å²) < 4.78 is 1.02. The number of fused-ring (bicyclic) bond motifs is 1. The van der Waals surface area contributed by atoms with Gasteiger partial charge in [0.1, 0.15) is 0 Å². The number of rotatable bonds is 3. The van der Waals surface area contributed by atoms with Crippen LogP contribution in [0, 0.1) is 0 Å². The summed E-state index contributed by atoms with van der Waals surface area (Å²) in [5, 5.41) is 1.32. The lowest BCUT2D eigenvalue weighted by atomic mass is 9.89. The first-order valence-corrected chi connectivity index (χ1v) is 9.58. The Morgan fingerprint density at radius 1 is 1.12 bits per heavy atom. The van der Waals surface area contributed by atoms with Gasteiger partial charge in [0.15, 0.2) is 0 Å². The monoisotopic (exact) mass is 396 g/mol. The Morgan fingerprint density at radius 3 is 2.72 bits per heavy atom. The van der Waals surface area contributed by atoms with E-state index in [9.17, 15) is 4.79 Å². The number of carbonyl (C=O) groups excluding carboxylic acids is 1. The molecule has 0 aliphatic carbocycles. The molecule has 4 rings (SSSR count). The van der Waals surface area contributed by atoms with E-state index in [1.165, 1.54) is 16.5 Å². The number of benzene rings is 2. The van der Waals surface area contributed by atoms with Gasteiger partial charge in [0, 0.05) is 34.7 Å². The van der Waals surface area contributed by atoms with Crippen LogP contribution >= 0.6 is 15.9 Å². The van der Waals surface area contributed by atoms with Crippen LogP contribution in [0.2, 0.25) is 0 Å². The number of hydrogen-bond acceptors (Lipinski definition) is 1. The van der Waals surface area contributed by atoms with E-state index >= 15 is 0 Å². The largest absolute Gasteiger partial charge is 0.361 e.